The first-order chi connectivity index (χ1) is 16.2. The second-order valence-corrected chi connectivity index (χ2v) is 9.07. The fourth-order valence-electron chi connectivity index (χ4n) is 4.05. The number of hydrogen-bond acceptors (Lipinski definition) is 2. The van der Waals surface area contributed by atoms with Crippen molar-refractivity contribution < 1.29 is 8.78 Å². The van der Waals surface area contributed by atoms with E-state index in [0.717, 1.165) is 24.8 Å². The molecule has 0 N–H and O–H groups in total. The zero-order valence-electron chi connectivity index (χ0n) is 20.7. The summed E-state index contributed by atoms with van der Waals surface area (Å²) in [7, 11) is 0. The average Bonchev–Trinajstić information content (AvgIpc) is 2.83. The highest BCUT2D eigenvalue weighted by Gasteiger charge is 2.16. The molecular weight excluding hydrogens is 414 g/mol. The maximum Gasteiger partial charge on any atom is 0.170 e. The van der Waals surface area contributed by atoms with Gasteiger partial charge in [0.15, 0.2) is 17.5 Å². The molecule has 0 aliphatic heterocycles. The fraction of sp³-hybridized carbons (Fsp3) is 0.586. The van der Waals surface area contributed by atoms with Crippen LogP contribution in [0.5, 0.6) is 0 Å². The van der Waals surface area contributed by atoms with Crippen LogP contribution >= 0.6 is 0 Å². The number of unbranched alkanes of at least 4 members (excludes halogenated alkanes) is 12. The minimum atomic E-state index is -0.845. The van der Waals surface area contributed by atoms with Crippen molar-refractivity contribution in [2.75, 3.05) is 0 Å². The van der Waals surface area contributed by atoms with Crippen LogP contribution < -0.4 is 0 Å². The molecule has 182 valence electrons. The highest BCUT2D eigenvalue weighted by Crippen LogP contribution is 2.25. The molecule has 0 amide bonds. The third kappa shape index (κ3) is 10.1. The topological polar surface area (TPSA) is 25.8 Å². The summed E-state index contributed by atoms with van der Waals surface area (Å²) in [4.78, 5) is 8.54. The second-order valence-electron chi connectivity index (χ2n) is 9.07. The largest absolute Gasteiger partial charge is 0.236 e. The number of benzene rings is 1. The van der Waals surface area contributed by atoms with Crippen LogP contribution in [0.3, 0.4) is 0 Å². The van der Waals surface area contributed by atoms with Crippen LogP contribution in [0.1, 0.15) is 115 Å². The van der Waals surface area contributed by atoms with Crippen molar-refractivity contribution in [3.05, 3.63) is 53.4 Å². The third-order valence-electron chi connectivity index (χ3n) is 6.16. The van der Waals surface area contributed by atoms with Gasteiger partial charge in [-0.3, -0.25) is 0 Å². The van der Waals surface area contributed by atoms with Crippen LogP contribution in [0, 0.1) is 11.6 Å². The van der Waals surface area contributed by atoms with Gasteiger partial charge in [0.25, 0.3) is 0 Å². The molecule has 0 fully saturated rings. The van der Waals surface area contributed by atoms with Crippen LogP contribution in [0.4, 0.5) is 8.78 Å². The lowest BCUT2D eigenvalue weighted by Crippen LogP contribution is -2.00. The summed E-state index contributed by atoms with van der Waals surface area (Å²) in [6.45, 7) is 4.44. The van der Waals surface area contributed by atoms with E-state index >= 15 is 0 Å². The minimum absolute atomic E-state index is 0.124. The average molecular weight is 457 g/mol. The molecule has 0 unspecified atom stereocenters. The van der Waals surface area contributed by atoms with E-state index < -0.39 is 11.6 Å². The van der Waals surface area contributed by atoms with Crippen molar-refractivity contribution in [2.24, 2.45) is 0 Å². The van der Waals surface area contributed by atoms with Gasteiger partial charge in [-0.05, 0) is 37.3 Å². The molecule has 0 saturated carbocycles. The van der Waals surface area contributed by atoms with E-state index in [-0.39, 0.29) is 11.4 Å². The quantitative estimate of drug-likeness (QED) is 0.221. The molecule has 0 spiro atoms. The summed E-state index contributed by atoms with van der Waals surface area (Å²) in [6.07, 6.45) is 24.8. The normalized spacial score (nSPS) is 11.5. The molecule has 1 heterocycles. The maximum absolute atomic E-state index is 14.7. The molecule has 1 aromatic carbocycles. The monoisotopic (exact) mass is 456 g/mol. The lowest BCUT2D eigenvalue weighted by Gasteiger charge is -2.08. The number of hydrogen-bond donors (Lipinski definition) is 0. The van der Waals surface area contributed by atoms with Crippen molar-refractivity contribution in [3.8, 4) is 11.4 Å². The van der Waals surface area contributed by atoms with Gasteiger partial charge < -0.3 is 0 Å². The predicted octanol–water partition coefficient (Wildman–Crippen LogP) is 9.48. The summed E-state index contributed by atoms with van der Waals surface area (Å²) < 4.78 is 29.3. The van der Waals surface area contributed by atoms with Crippen molar-refractivity contribution in [2.45, 2.75) is 110 Å². The first-order valence-electron chi connectivity index (χ1n) is 13.1. The van der Waals surface area contributed by atoms with Crippen molar-refractivity contribution in [3.63, 3.8) is 0 Å². The lowest BCUT2D eigenvalue weighted by atomic mass is 10.0. The summed E-state index contributed by atoms with van der Waals surface area (Å²) in [5, 5.41) is 0. The van der Waals surface area contributed by atoms with E-state index in [1.54, 1.807) is 24.5 Å². The van der Waals surface area contributed by atoms with E-state index in [4.69, 9.17) is 0 Å². The number of aryl methyl sites for hydroxylation is 1. The minimum Gasteiger partial charge on any atom is -0.236 e. The van der Waals surface area contributed by atoms with Gasteiger partial charge >= 0.3 is 0 Å². The van der Waals surface area contributed by atoms with E-state index in [2.05, 4.69) is 29.9 Å². The van der Waals surface area contributed by atoms with Gasteiger partial charge in [0.2, 0.25) is 0 Å². The Balaban J connectivity index is 1.82. The summed E-state index contributed by atoms with van der Waals surface area (Å²) in [6, 6.07) is 3.30. The van der Waals surface area contributed by atoms with Gasteiger partial charge in [-0.1, -0.05) is 103 Å². The molecule has 1 aromatic heterocycles. The SMILES string of the molecule is CCCCCCC/C=C/c1cnc(-c2ccc(CCCCCCCCCC)c(F)c2F)nc1. The van der Waals surface area contributed by atoms with Crippen LogP contribution in [0.2, 0.25) is 0 Å². The van der Waals surface area contributed by atoms with E-state index in [1.807, 2.05) is 6.08 Å². The Morgan fingerprint density at radius 1 is 0.697 bits per heavy atom. The number of rotatable bonds is 17. The third-order valence-corrected chi connectivity index (χ3v) is 6.16. The maximum atomic E-state index is 14.7. The van der Waals surface area contributed by atoms with Crippen molar-refractivity contribution in [1.29, 1.82) is 0 Å². The predicted molar refractivity (Wildman–Crippen MR) is 136 cm³/mol. The molecule has 0 atom stereocenters. The van der Waals surface area contributed by atoms with Gasteiger partial charge in [0.05, 0.1) is 5.56 Å². The van der Waals surface area contributed by atoms with Crippen molar-refractivity contribution in [1.82, 2.24) is 9.97 Å². The molecule has 2 nitrogen and oxygen atoms in total. The highest BCUT2D eigenvalue weighted by molar-refractivity contribution is 5.58. The van der Waals surface area contributed by atoms with E-state index in [0.29, 0.717) is 12.0 Å². The molecule has 33 heavy (non-hydrogen) atoms. The molecule has 0 aliphatic rings. The summed E-state index contributed by atoms with van der Waals surface area (Å²) in [5.74, 6) is -1.38. The zero-order valence-corrected chi connectivity index (χ0v) is 20.7. The fourth-order valence-corrected chi connectivity index (χ4v) is 4.05. The zero-order chi connectivity index (χ0) is 23.7. The van der Waals surface area contributed by atoms with Crippen LogP contribution in [-0.2, 0) is 6.42 Å². The first kappa shape index (κ1) is 27.1. The number of aromatic nitrogens is 2. The molecule has 0 radical (unpaired) electrons. The Kier molecular flexibility index (Phi) is 13.6. The van der Waals surface area contributed by atoms with E-state index in [9.17, 15) is 8.78 Å². The standard InChI is InChI=1S/C29H42F2N2/c1-3-5-7-9-11-13-15-17-19-25-20-21-26(28(31)27(25)30)29-32-22-24(23-33-29)18-16-14-12-10-8-6-4-2/h16,18,20-23H,3-15,17,19H2,1-2H3/b18-16+. The van der Waals surface area contributed by atoms with Gasteiger partial charge in [0.1, 0.15) is 0 Å². The molecule has 4 heteroatoms. The molecular formula is C29H42F2N2. The second kappa shape index (κ2) is 16.5. The van der Waals surface area contributed by atoms with Crippen LogP contribution in [0.25, 0.3) is 17.5 Å². The molecule has 0 saturated heterocycles. The number of halogens is 2. The Hall–Kier alpha value is -2.10. The number of allylic oxidation sites excluding steroid dienone is 1. The van der Waals surface area contributed by atoms with E-state index in [1.165, 1.54) is 70.6 Å². The molecule has 2 rings (SSSR count). The van der Waals surface area contributed by atoms with Crippen LogP contribution in [-0.4, -0.2) is 9.97 Å². The summed E-state index contributed by atoms with van der Waals surface area (Å²) in [5.41, 5.74) is 1.44. The Morgan fingerprint density at radius 3 is 1.91 bits per heavy atom. The summed E-state index contributed by atoms with van der Waals surface area (Å²) >= 11 is 0. The van der Waals surface area contributed by atoms with Crippen LogP contribution in [0.15, 0.2) is 30.6 Å². The molecule has 0 aliphatic carbocycles. The Labute approximate surface area is 200 Å². The lowest BCUT2D eigenvalue weighted by molar-refractivity contribution is 0.496. The van der Waals surface area contributed by atoms with Gasteiger partial charge in [-0.2, -0.15) is 0 Å². The molecule has 0 bridgehead atoms. The van der Waals surface area contributed by atoms with Gasteiger partial charge in [-0.25, -0.2) is 18.7 Å². The number of nitrogens with zero attached hydrogens (tertiary/aromatic N) is 2. The van der Waals surface area contributed by atoms with Crippen molar-refractivity contribution >= 4 is 6.08 Å². The molecule has 2 aromatic rings. The Morgan fingerprint density at radius 2 is 1.27 bits per heavy atom. The highest BCUT2D eigenvalue weighted by atomic mass is 19.2. The first-order valence-corrected chi connectivity index (χ1v) is 13.1. The smallest absolute Gasteiger partial charge is 0.170 e. The van der Waals surface area contributed by atoms with Gasteiger partial charge in [0, 0.05) is 18.0 Å². The Bertz CT molecular complexity index is 815. The van der Waals surface area contributed by atoms with Gasteiger partial charge in [-0.15, -0.1) is 0 Å².